The van der Waals surface area contributed by atoms with Crippen molar-refractivity contribution >= 4 is 18.4 Å². The first kappa shape index (κ1) is 20.1. The maximum atomic E-state index is 10.8. The highest BCUT2D eigenvalue weighted by Crippen LogP contribution is 2.40. The van der Waals surface area contributed by atoms with Crippen LogP contribution in [0.1, 0.15) is 59.8 Å². The second kappa shape index (κ2) is 7.32. The molecule has 1 N–H and O–H groups in total. The molecule has 0 aromatic rings. The molecule has 0 aromatic heterocycles. The third kappa shape index (κ3) is 6.30. The van der Waals surface area contributed by atoms with Crippen molar-refractivity contribution in [1.82, 2.24) is 0 Å². The topological polar surface area (TPSA) is 63.6 Å². The Bertz CT molecular complexity index is 445. The molecular weight excluding hydrogens is 316 g/mol. The summed E-state index contributed by atoms with van der Waals surface area (Å²) in [6.07, 6.45) is 5.17. The largest absolute Gasteiger partial charge is 0.414 e. The Balaban J connectivity index is 2.44. The lowest BCUT2D eigenvalue weighted by Crippen LogP contribution is -2.45. The van der Waals surface area contributed by atoms with E-state index < -0.39 is 18.4 Å². The van der Waals surface area contributed by atoms with Gasteiger partial charge in [0.2, 0.25) is 0 Å². The molecule has 6 heteroatoms. The van der Waals surface area contributed by atoms with E-state index in [4.69, 9.17) is 8.98 Å². The van der Waals surface area contributed by atoms with Crippen LogP contribution in [0.3, 0.4) is 0 Å². The third-order valence-corrected chi connectivity index (χ3v) is 11.0. The maximum absolute atomic E-state index is 10.8. The van der Waals surface area contributed by atoms with E-state index in [9.17, 15) is 8.42 Å². The molecule has 1 aliphatic rings. The summed E-state index contributed by atoms with van der Waals surface area (Å²) in [6, 6.07) is 0. The Labute approximate surface area is 137 Å². The van der Waals surface area contributed by atoms with Crippen LogP contribution in [-0.4, -0.2) is 33.1 Å². The van der Waals surface area contributed by atoms with Crippen LogP contribution in [0.25, 0.3) is 0 Å². The van der Waals surface area contributed by atoms with E-state index >= 15 is 0 Å². The first-order chi connectivity index (χ1) is 9.82. The molecule has 1 fully saturated rings. The van der Waals surface area contributed by atoms with Crippen LogP contribution >= 0.6 is 0 Å². The molecular formula is C16H34O4SSi. The predicted octanol–water partition coefficient (Wildman–Crippen LogP) is 4.48. The lowest BCUT2D eigenvalue weighted by atomic mass is 9.79. The van der Waals surface area contributed by atoms with Gasteiger partial charge in [0.05, 0.1) is 5.75 Å². The Kier molecular flexibility index (Phi) is 6.70. The molecule has 1 atom stereocenters. The first-order valence-corrected chi connectivity index (χ1v) is 13.0. The van der Waals surface area contributed by atoms with Crippen molar-refractivity contribution in [1.29, 1.82) is 0 Å². The van der Waals surface area contributed by atoms with Crippen molar-refractivity contribution in [2.45, 2.75) is 84.0 Å². The van der Waals surface area contributed by atoms with E-state index in [0.29, 0.717) is 18.3 Å². The van der Waals surface area contributed by atoms with E-state index in [1.807, 2.05) is 0 Å². The molecule has 0 bridgehead atoms. The second-order valence-electron chi connectivity index (χ2n) is 8.44. The molecule has 0 spiro atoms. The van der Waals surface area contributed by atoms with Gasteiger partial charge >= 0.3 is 0 Å². The third-order valence-electron chi connectivity index (χ3n) is 5.63. The fourth-order valence-electron chi connectivity index (χ4n) is 3.00. The standard InChI is InChI=1S/C16H34O4SSi/c1-13(20-22(5,6)16(2,3)4)15-9-7-14(8-10-15)11-12-21(17,18)19/h13-15H,7-12H2,1-6H3,(H,17,18,19). The lowest BCUT2D eigenvalue weighted by molar-refractivity contribution is 0.0957. The molecule has 0 aromatic carbocycles. The molecule has 22 heavy (non-hydrogen) atoms. The highest BCUT2D eigenvalue weighted by atomic mass is 32.2. The quantitative estimate of drug-likeness (QED) is 0.566. The van der Waals surface area contributed by atoms with Crippen LogP contribution in [0.15, 0.2) is 0 Å². The molecule has 132 valence electrons. The van der Waals surface area contributed by atoms with Gasteiger partial charge in [0.25, 0.3) is 10.1 Å². The van der Waals surface area contributed by atoms with Crippen LogP contribution in [0.5, 0.6) is 0 Å². The Morgan fingerprint density at radius 1 is 1.18 bits per heavy atom. The van der Waals surface area contributed by atoms with Gasteiger partial charge in [0.1, 0.15) is 0 Å². The molecule has 0 amide bonds. The zero-order chi connectivity index (χ0) is 17.2. The highest BCUT2D eigenvalue weighted by Gasteiger charge is 2.40. The van der Waals surface area contributed by atoms with Gasteiger partial charge in [0, 0.05) is 6.10 Å². The molecule has 1 aliphatic carbocycles. The van der Waals surface area contributed by atoms with Crippen LogP contribution in [0.4, 0.5) is 0 Å². The number of rotatable bonds is 6. The van der Waals surface area contributed by atoms with Crippen molar-refractivity contribution in [2.75, 3.05) is 5.75 Å². The maximum Gasteiger partial charge on any atom is 0.264 e. The van der Waals surface area contributed by atoms with E-state index in [2.05, 4.69) is 40.8 Å². The van der Waals surface area contributed by atoms with Gasteiger partial charge < -0.3 is 4.43 Å². The first-order valence-electron chi connectivity index (χ1n) is 8.45. The van der Waals surface area contributed by atoms with Crippen LogP contribution in [-0.2, 0) is 14.5 Å². The summed E-state index contributed by atoms with van der Waals surface area (Å²) in [6.45, 7) is 13.6. The molecule has 1 saturated carbocycles. The van der Waals surface area contributed by atoms with E-state index in [1.165, 1.54) is 0 Å². The van der Waals surface area contributed by atoms with Gasteiger partial charge in [-0.05, 0) is 56.2 Å². The summed E-state index contributed by atoms with van der Waals surface area (Å²) >= 11 is 0. The zero-order valence-corrected chi connectivity index (χ0v) is 16.9. The summed E-state index contributed by atoms with van der Waals surface area (Å²) in [5, 5.41) is 0.230. The van der Waals surface area contributed by atoms with Crippen molar-refractivity contribution in [3.8, 4) is 0 Å². The van der Waals surface area contributed by atoms with Gasteiger partial charge in [-0.2, -0.15) is 8.42 Å². The molecule has 0 aliphatic heterocycles. The Morgan fingerprint density at radius 3 is 2.09 bits per heavy atom. The summed E-state index contributed by atoms with van der Waals surface area (Å²) in [7, 11) is -5.53. The second-order valence-corrected chi connectivity index (χ2v) is 14.8. The van der Waals surface area contributed by atoms with Crippen molar-refractivity contribution < 1.29 is 17.4 Å². The van der Waals surface area contributed by atoms with Crippen molar-refractivity contribution in [3.63, 3.8) is 0 Å². The zero-order valence-electron chi connectivity index (χ0n) is 15.1. The van der Waals surface area contributed by atoms with E-state index in [0.717, 1.165) is 25.7 Å². The minimum atomic E-state index is -3.81. The van der Waals surface area contributed by atoms with Crippen LogP contribution in [0, 0.1) is 11.8 Å². The minimum Gasteiger partial charge on any atom is -0.414 e. The molecule has 1 unspecified atom stereocenters. The fraction of sp³-hybridized carbons (Fsp3) is 1.00. The van der Waals surface area contributed by atoms with Crippen LogP contribution < -0.4 is 0 Å². The lowest BCUT2D eigenvalue weighted by Gasteiger charge is -2.42. The smallest absolute Gasteiger partial charge is 0.264 e. The summed E-state index contributed by atoms with van der Waals surface area (Å²) in [5.74, 6) is 0.910. The van der Waals surface area contributed by atoms with Gasteiger partial charge in [-0.1, -0.05) is 33.6 Å². The average Bonchev–Trinajstić information content (AvgIpc) is 2.34. The summed E-state index contributed by atoms with van der Waals surface area (Å²) in [4.78, 5) is 0. The van der Waals surface area contributed by atoms with Crippen molar-refractivity contribution in [3.05, 3.63) is 0 Å². The van der Waals surface area contributed by atoms with Crippen molar-refractivity contribution in [2.24, 2.45) is 11.8 Å². The normalized spacial score (nSPS) is 26.0. The average molecular weight is 351 g/mol. The summed E-state index contributed by atoms with van der Waals surface area (Å²) in [5.41, 5.74) is 0. The fourth-order valence-corrected chi connectivity index (χ4v) is 5.11. The molecule has 1 rings (SSSR count). The number of hydrogen-bond acceptors (Lipinski definition) is 3. The Morgan fingerprint density at radius 2 is 1.68 bits per heavy atom. The molecule has 0 heterocycles. The van der Waals surface area contributed by atoms with Crippen LogP contribution in [0.2, 0.25) is 18.1 Å². The Hall–Kier alpha value is 0.0869. The molecule has 0 saturated heterocycles. The minimum absolute atomic E-state index is 0.0989. The van der Waals surface area contributed by atoms with E-state index in [1.54, 1.807) is 0 Å². The predicted molar refractivity (Wildman–Crippen MR) is 94.2 cm³/mol. The van der Waals surface area contributed by atoms with Gasteiger partial charge in [-0.3, -0.25) is 4.55 Å². The molecule has 0 radical (unpaired) electrons. The number of hydrogen-bond donors (Lipinski definition) is 1. The summed E-state index contributed by atoms with van der Waals surface area (Å²) < 4.78 is 37.0. The van der Waals surface area contributed by atoms with E-state index in [-0.39, 0.29) is 16.9 Å². The monoisotopic (exact) mass is 350 g/mol. The highest BCUT2D eigenvalue weighted by molar-refractivity contribution is 7.85. The van der Waals surface area contributed by atoms with Gasteiger partial charge in [-0.15, -0.1) is 0 Å². The SMILES string of the molecule is CC(O[Si](C)(C)C(C)(C)C)C1CCC(CCS(=O)(=O)O)CC1. The molecule has 4 nitrogen and oxygen atoms in total. The van der Waals surface area contributed by atoms with Gasteiger partial charge in [0.15, 0.2) is 8.32 Å². The van der Waals surface area contributed by atoms with Gasteiger partial charge in [-0.25, -0.2) is 0 Å².